The normalized spacial score (nSPS) is 17.3. The third-order valence-electron chi connectivity index (χ3n) is 4.10. The van der Waals surface area contributed by atoms with Crippen molar-refractivity contribution in [2.75, 3.05) is 6.61 Å². The van der Waals surface area contributed by atoms with Crippen LogP contribution in [-0.4, -0.2) is 12.3 Å². The Kier molecular flexibility index (Phi) is 6.45. The summed E-state index contributed by atoms with van der Waals surface area (Å²) < 4.78 is 32.6. The molecule has 0 atom stereocenters. The summed E-state index contributed by atoms with van der Waals surface area (Å²) in [5.41, 5.74) is 3.84. The molecule has 2 aromatic rings. The van der Waals surface area contributed by atoms with Crippen LogP contribution in [0.2, 0.25) is 0 Å². The fourth-order valence-electron chi connectivity index (χ4n) is 2.69. The molecule has 0 spiro atoms. The van der Waals surface area contributed by atoms with Crippen LogP contribution in [0.25, 0.3) is 0 Å². The quantitative estimate of drug-likeness (QED) is 0.532. The summed E-state index contributed by atoms with van der Waals surface area (Å²) in [7, 11) is 0. The minimum Gasteiger partial charge on any atom is -0.498 e. The van der Waals surface area contributed by atoms with Gasteiger partial charge in [-0.2, -0.15) is 0 Å². The van der Waals surface area contributed by atoms with Gasteiger partial charge in [0, 0.05) is 23.5 Å². The average Bonchev–Trinajstić information content (AvgIpc) is 2.64. The lowest BCUT2D eigenvalue weighted by Gasteiger charge is -2.18. The van der Waals surface area contributed by atoms with E-state index in [1.54, 1.807) is 0 Å². The molecule has 0 aliphatic heterocycles. The second kappa shape index (κ2) is 9.00. The van der Waals surface area contributed by atoms with Crippen molar-refractivity contribution in [3.8, 4) is 0 Å². The first kappa shape index (κ1) is 19.4. The van der Waals surface area contributed by atoms with Crippen LogP contribution in [0.5, 0.6) is 0 Å². The van der Waals surface area contributed by atoms with Gasteiger partial charge in [-0.05, 0) is 55.5 Å². The van der Waals surface area contributed by atoms with Crippen LogP contribution in [0, 0.1) is 18.6 Å². The van der Waals surface area contributed by atoms with Crippen molar-refractivity contribution in [1.82, 2.24) is 0 Å². The van der Waals surface area contributed by atoms with E-state index in [4.69, 9.17) is 9.73 Å². The number of ether oxygens (including phenoxy) is 1. The number of hydrogen-bond acceptors (Lipinski definition) is 3. The molecule has 1 aliphatic carbocycles. The highest BCUT2D eigenvalue weighted by atomic mass is 32.2. The Bertz CT molecular complexity index is 901. The standard InChI is InChI=1S/C22H21F2NOS/c1-3-26-19-10-6-16(14-27-22-11-7-17(23)12-20(22)24)21(13-19)25-18-8-4-15(2)5-9-18/h4-5,7-9,11-14H,3,6,10H2,1-2H3. The number of aliphatic imine (C=N–C) groups is 1. The molecule has 0 amide bonds. The van der Waals surface area contributed by atoms with Crippen molar-refractivity contribution in [1.29, 1.82) is 0 Å². The summed E-state index contributed by atoms with van der Waals surface area (Å²) >= 11 is 1.24. The maximum absolute atomic E-state index is 13.9. The SMILES string of the molecule is CCOC1=CC(=Nc2ccc(C)cc2)C(=CSc2ccc(F)cc2F)CC1. The Morgan fingerprint density at radius 3 is 2.59 bits per heavy atom. The Balaban J connectivity index is 1.90. The van der Waals surface area contributed by atoms with Gasteiger partial charge in [0.2, 0.25) is 0 Å². The molecule has 0 fully saturated rings. The molecular formula is C22H21F2NOS. The minimum atomic E-state index is -0.576. The average molecular weight is 385 g/mol. The molecular weight excluding hydrogens is 364 g/mol. The van der Waals surface area contributed by atoms with E-state index in [0.29, 0.717) is 11.5 Å². The number of allylic oxidation sites excluding steroid dienone is 3. The number of nitrogens with zero attached hydrogens (tertiary/aromatic N) is 1. The van der Waals surface area contributed by atoms with E-state index in [0.717, 1.165) is 41.6 Å². The summed E-state index contributed by atoms with van der Waals surface area (Å²) in [5, 5.41) is 1.89. The third-order valence-corrected chi connectivity index (χ3v) is 5.09. The van der Waals surface area contributed by atoms with E-state index in [2.05, 4.69) is 0 Å². The smallest absolute Gasteiger partial charge is 0.140 e. The van der Waals surface area contributed by atoms with Crippen molar-refractivity contribution in [3.63, 3.8) is 0 Å². The lowest BCUT2D eigenvalue weighted by molar-refractivity contribution is 0.218. The summed E-state index contributed by atoms with van der Waals surface area (Å²) in [6.07, 6.45) is 3.48. The molecule has 2 aromatic carbocycles. The number of halogens is 2. The van der Waals surface area contributed by atoms with Gasteiger partial charge in [-0.1, -0.05) is 29.5 Å². The van der Waals surface area contributed by atoms with Gasteiger partial charge >= 0.3 is 0 Å². The Labute approximate surface area is 162 Å². The van der Waals surface area contributed by atoms with Crippen molar-refractivity contribution in [2.45, 2.75) is 31.6 Å². The van der Waals surface area contributed by atoms with Gasteiger partial charge in [-0.3, -0.25) is 0 Å². The molecule has 0 saturated heterocycles. The minimum absolute atomic E-state index is 0.387. The van der Waals surface area contributed by atoms with Crippen LogP contribution in [0.3, 0.4) is 0 Å². The molecule has 0 heterocycles. The maximum Gasteiger partial charge on any atom is 0.140 e. The molecule has 0 unspecified atom stereocenters. The molecule has 1 aliphatic rings. The first-order valence-electron chi connectivity index (χ1n) is 8.85. The topological polar surface area (TPSA) is 21.6 Å². The highest BCUT2D eigenvalue weighted by molar-refractivity contribution is 8.02. The lowest BCUT2D eigenvalue weighted by atomic mass is 9.99. The third kappa shape index (κ3) is 5.30. The Morgan fingerprint density at radius 1 is 1.11 bits per heavy atom. The highest BCUT2D eigenvalue weighted by Gasteiger charge is 2.16. The monoisotopic (exact) mass is 385 g/mol. The Morgan fingerprint density at radius 2 is 1.89 bits per heavy atom. The highest BCUT2D eigenvalue weighted by Crippen LogP contribution is 2.30. The number of rotatable bonds is 5. The summed E-state index contributed by atoms with van der Waals surface area (Å²) in [5.74, 6) is -0.234. The molecule has 5 heteroatoms. The number of thioether (sulfide) groups is 1. The number of hydrogen-bond donors (Lipinski definition) is 0. The van der Waals surface area contributed by atoms with E-state index in [1.807, 2.05) is 49.6 Å². The molecule has 0 saturated carbocycles. The second-order valence-electron chi connectivity index (χ2n) is 6.21. The van der Waals surface area contributed by atoms with E-state index in [1.165, 1.54) is 29.5 Å². The fraction of sp³-hybridized carbons (Fsp3) is 0.227. The predicted octanol–water partition coefficient (Wildman–Crippen LogP) is 6.74. The van der Waals surface area contributed by atoms with E-state index in [9.17, 15) is 8.78 Å². The van der Waals surface area contributed by atoms with E-state index >= 15 is 0 Å². The van der Waals surface area contributed by atoms with E-state index < -0.39 is 11.6 Å². The predicted molar refractivity (Wildman–Crippen MR) is 108 cm³/mol. The number of benzene rings is 2. The van der Waals surface area contributed by atoms with E-state index in [-0.39, 0.29) is 0 Å². The maximum atomic E-state index is 13.9. The van der Waals surface area contributed by atoms with Gasteiger partial charge in [0.1, 0.15) is 11.6 Å². The van der Waals surface area contributed by atoms with Gasteiger partial charge in [-0.25, -0.2) is 13.8 Å². The van der Waals surface area contributed by atoms with Gasteiger partial charge < -0.3 is 4.74 Å². The first-order chi connectivity index (χ1) is 13.0. The van der Waals surface area contributed by atoms with Gasteiger partial charge in [0.25, 0.3) is 0 Å². The molecule has 140 valence electrons. The Hall–Kier alpha value is -2.40. The van der Waals surface area contributed by atoms with Crippen molar-refractivity contribution >= 4 is 23.2 Å². The zero-order valence-electron chi connectivity index (χ0n) is 15.3. The largest absolute Gasteiger partial charge is 0.498 e. The molecule has 2 nitrogen and oxygen atoms in total. The molecule has 0 radical (unpaired) electrons. The molecule has 3 rings (SSSR count). The zero-order chi connectivity index (χ0) is 19.2. The van der Waals surface area contributed by atoms with Crippen LogP contribution in [0.4, 0.5) is 14.5 Å². The van der Waals surface area contributed by atoms with Gasteiger partial charge in [0.05, 0.1) is 23.8 Å². The van der Waals surface area contributed by atoms with Crippen LogP contribution < -0.4 is 0 Å². The molecule has 0 N–H and O–H groups in total. The first-order valence-corrected chi connectivity index (χ1v) is 9.73. The number of aryl methyl sites for hydroxylation is 1. The zero-order valence-corrected chi connectivity index (χ0v) is 16.2. The summed E-state index contributed by atoms with van der Waals surface area (Å²) in [4.78, 5) is 5.13. The summed E-state index contributed by atoms with van der Waals surface area (Å²) in [6.45, 7) is 4.60. The van der Waals surface area contributed by atoms with Crippen LogP contribution in [-0.2, 0) is 4.74 Å². The molecule has 0 bridgehead atoms. The second-order valence-corrected chi connectivity index (χ2v) is 7.12. The van der Waals surface area contributed by atoms with Crippen molar-refractivity contribution < 1.29 is 13.5 Å². The van der Waals surface area contributed by atoms with Crippen molar-refractivity contribution in [3.05, 3.63) is 82.5 Å². The molecule has 27 heavy (non-hydrogen) atoms. The fourth-order valence-corrected chi connectivity index (χ4v) is 3.52. The van der Waals surface area contributed by atoms with Gasteiger partial charge in [-0.15, -0.1) is 0 Å². The summed E-state index contributed by atoms with van der Waals surface area (Å²) in [6, 6.07) is 11.6. The van der Waals surface area contributed by atoms with Gasteiger partial charge in [0.15, 0.2) is 0 Å². The van der Waals surface area contributed by atoms with Crippen LogP contribution in [0.15, 0.2) is 75.2 Å². The van der Waals surface area contributed by atoms with Crippen LogP contribution >= 0.6 is 11.8 Å². The van der Waals surface area contributed by atoms with Crippen molar-refractivity contribution in [2.24, 2.45) is 4.99 Å². The lowest BCUT2D eigenvalue weighted by Crippen LogP contribution is -2.09. The van der Waals surface area contributed by atoms with Crippen LogP contribution in [0.1, 0.15) is 25.3 Å². The molecule has 0 aromatic heterocycles.